The van der Waals surface area contributed by atoms with Crippen molar-refractivity contribution in [1.82, 2.24) is 9.78 Å². The number of aromatic nitrogens is 2. The van der Waals surface area contributed by atoms with Crippen molar-refractivity contribution >= 4 is 17.8 Å². The largest absolute Gasteiger partial charge is 0.478 e. The van der Waals surface area contributed by atoms with Crippen LogP contribution in [0.15, 0.2) is 30.5 Å². The van der Waals surface area contributed by atoms with Gasteiger partial charge in [-0.3, -0.25) is 0 Å². The molecule has 0 saturated heterocycles. The lowest BCUT2D eigenvalue weighted by Crippen LogP contribution is -2.09. The van der Waals surface area contributed by atoms with Crippen LogP contribution < -0.4 is 5.73 Å². The van der Waals surface area contributed by atoms with Crippen LogP contribution in [0.2, 0.25) is 0 Å². The number of nitrogens with two attached hydrogens (primary N) is 1. The fourth-order valence-corrected chi connectivity index (χ4v) is 1.70. The minimum absolute atomic E-state index is 0.103. The van der Waals surface area contributed by atoms with E-state index in [1.807, 2.05) is 0 Å². The second-order valence-corrected chi connectivity index (χ2v) is 3.93. The van der Waals surface area contributed by atoms with E-state index in [1.165, 1.54) is 23.0 Å². The molecular weight excluding hydrogens is 262 g/mol. The topological polar surface area (TPSA) is 107 Å². The van der Waals surface area contributed by atoms with E-state index in [9.17, 15) is 9.59 Å². The summed E-state index contributed by atoms with van der Waals surface area (Å²) < 4.78 is 6.14. The second-order valence-electron chi connectivity index (χ2n) is 3.93. The Hall–Kier alpha value is -2.83. The van der Waals surface area contributed by atoms with Crippen LogP contribution in [0.25, 0.3) is 5.69 Å². The van der Waals surface area contributed by atoms with E-state index in [1.54, 1.807) is 19.1 Å². The van der Waals surface area contributed by atoms with Crippen molar-refractivity contribution in [3.63, 3.8) is 0 Å². The average Bonchev–Trinajstić information content (AvgIpc) is 2.81. The summed E-state index contributed by atoms with van der Waals surface area (Å²) in [7, 11) is 0. The number of rotatable bonds is 4. The summed E-state index contributed by atoms with van der Waals surface area (Å²) in [4.78, 5) is 22.6. The monoisotopic (exact) mass is 275 g/mol. The molecule has 2 rings (SSSR count). The van der Waals surface area contributed by atoms with Gasteiger partial charge in [0, 0.05) is 0 Å². The number of carbonyl (C=O) groups excluding carboxylic acids is 1. The Bertz CT molecular complexity index is 663. The minimum atomic E-state index is -1.05. The van der Waals surface area contributed by atoms with Crippen LogP contribution in [-0.4, -0.2) is 33.4 Å². The van der Waals surface area contributed by atoms with Gasteiger partial charge in [0.25, 0.3) is 0 Å². The van der Waals surface area contributed by atoms with Crippen LogP contribution in [0, 0.1) is 0 Å². The van der Waals surface area contributed by atoms with Crippen molar-refractivity contribution < 1.29 is 19.4 Å². The summed E-state index contributed by atoms with van der Waals surface area (Å²) in [6.45, 7) is 1.92. The molecule has 0 spiro atoms. The Kier molecular flexibility index (Phi) is 3.69. The summed E-state index contributed by atoms with van der Waals surface area (Å²) in [5, 5.41) is 12.9. The van der Waals surface area contributed by atoms with Gasteiger partial charge in [0.05, 0.1) is 24.1 Å². The summed E-state index contributed by atoms with van der Waals surface area (Å²) in [6.07, 6.45) is 1.29. The van der Waals surface area contributed by atoms with Gasteiger partial charge in [-0.25, -0.2) is 14.3 Å². The van der Waals surface area contributed by atoms with Crippen molar-refractivity contribution in [2.75, 3.05) is 12.3 Å². The quantitative estimate of drug-likeness (QED) is 0.815. The maximum atomic E-state index is 11.6. The zero-order chi connectivity index (χ0) is 14.7. The van der Waals surface area contributed by atoms with Gasteiger partial charge < -0.3 is 15.6 Å². The molecule has 2 aromatic rings. The molecule has 0 aliphatic carbocycles. The fraction of sp³-hybridized carbons (Fsp3) is 0.154. The summed E-state index contributed by atoms with van der Waals surface area (Å²) in [5.41, 5.74) is 6.55. The molecule has 0 radical (unpaired) electrons. The van der Waals surface area contributed by atoms with Crippen LogP contribution in [0.3, 0.4) is 0 Å². The van der Waals surface area contributed by atoms with Gasteiger partial charge in [-0.15, -0.1) is 0 Å². The molecule has 0 atom stereocenters. The van der Waals surface area contributed by atoms with Crippen LogP contribution >= 0.6 is 0 Å². The number of carboxylic acid groups (broad SMARTS) is 1. The standard InChI is InChI=1S/C13H13N3O4/c1-2-20-13(19)10-7-15-16(11(10)14)9-5-3-4-8(6-9)12(17)18/h3-7H,2,14H2,1H3,(H,17,18). The normalized spacial score (nSPS) is 10.2. The lowest BCUT2D eigenvalue weighted by atomic mass is 10.2. The number of nitrogen functional groups attached to an aromatic ring is 1. The number of nitrogens with zero attached hydrogens (tertiary/aromatic N) is 2. The summed E-state index contributed by atoms with van der Waals surface area (Å²) >= 11 is 0. The van der Waals surface area contributed by atoms with E-state index in [2.05, 4.69) is 5.10 Å². The molecule has 0 unspecified atom stereocenters. The lowest BCUT2D eigenvalue weighted by molar-refractivity contribution is 0.0527. The SMILES string of the molecule is CCOC(=O)c1cnn(-c2cccc(C(=O)O)c2)c1N. The number of carboxylic acids is 1. The van der Waals surface area contributed by atoms with Crippen molar-refractivity contribution in [2.45, 2.75) is 6.92 Å². The van der Waals surface area contributed by atoms with E-state index in [0.29, 0.717) is 5.69 Å². The molecular formula is C13H13N3O4. The number of benzene rings is 1. The first kappa shape index (κ1) is 13.6. The molecule has 0 bridgehead atoms. The lowest BCUT2D eigenvalue weighted by Gasteiger charge is -2.06. The third-order valence-electron chi connectivity index (χ3n) is 2.64. The van der Waals surface area contributed by atoms with Crippen molar-refractivity contribution in [3.8, 4) is 5.69 Å². The molecule has 0 aliphatic rings. The molecule has 20 heavy (non-hydrogen) atoms. The maximum Gasteiger partial charge on any atom is 0.343 e. The van der Waals surface area contributed by atoms with E-state index in [0.717, 1.165) is 0 Å². The second kappa shape index (κ2) is 5.43. The average molecular weight is 275 g/mol. The van der Waals surface area contributed by atoms with Gasteiger partial charge in [-0.1, -0.05) is 6.07 Å². The molecule has 0 aliphatic heterocycles. The molecule has 7 heteroatoms. The van der Waals surface area contributed by atoms with Gasteiger partial charge >= 0.3 is 11.9 Å². The Morgan fingerprint density at radius 2 is 2.20 bits per heavy atom. The number of hydrogen-bond donors (Lipinski definition) is 2. The Morgan fingerprint density at radius 3 is 2.85 bits per heavy atom. The molecule has 0 fully saturated rings. The highest BCUT2D eigenvalue weighted by Gasteiger charge is 2.17. The smallest absolute Gasteiger partial charge is 0.343 e. The van der Waals surface area contributed by atoms with Gasteiger partial charge in [-0.05, 0) is 25.1 Å². The van der Waals surface area contributed by atoms with Gasteiger partial charge in [0.2, 0.25) is 0 Å². The fourth-order valence-electron chi connectivity index (χ4n) is 1.70. The van der Waals surface area contributed by atoms with Crippen LogP contribution in [0.5, 0.6) is 0 Å². The zero-order valence-electron chi connectivity index (χ0n) is 10.7. The third-order valence-corrected chi connectivity index (χ3v) is 2.64. The number of ether oxygens (including phenoxy) is 1. The first-order valence-corrected chi connectivity index (χ1v) is 5.89. The number of aromatic carboxylic acids is 1. The van der Waals surface area contributed by atoms with E-state index in [4.69, 9.17) is 15.6 Å². The highest BCUT2D eigenvalue weighted by molar-refractivity contribution is 5.94. The highest BCUT2D eigenvalue weighted by atomic mass is 16.5. The summed E-state index contributed by atoms with van der Waals surface area (Å²) in [6, 6.07) is 6.09. The number of anilines is 1. The van der Waals surface area contributed by atoms with Crippen LogP contribution in [-0.2, 0) is 4.74 Å². The molecule has 0 saturated carbocycles. The van der Waals surface area contributed by atoms with Gasteiger partial charge in [0.15, 0.2) is 0 Å². The van der Waals surface area contributed by atoms with Gasteiger partial charge in [0.1, 0.15) is 11.4 Å². The summed E-state index contributed by atoms with van der Waals surface area (Å²) in [5.74, 6) is -1.51. The molecule has 3 N–H and O–H groups in total. The predicted molar refractivity (Wildman–Crippen MR) is 70.9 cm³/mol. The van der Waals surface area contributed by atoms with Crippen LogP contribution in [0.4, 0.5) is 5.82 Å². The Labute approximate surface area is 114 Å². The molecule has 1 aromatic heterocycles. The highest BCUT2D eigenvalue weighted by Crippen LogP contribution is 2.18. The van der Waals surface area contributed by atoms with Crippen molar-refractivity contribution in [2.24, 2.45) is 0 Å². The molecule has 1 heterocycles. The van der Waals surface area contributed by atoms with E-state index in [-0.39, 0.29) is 23.6 Å². The number of hydrogen-bond acceptors (Lipinski definition) is 5. The van der Waals surface area contributed by atoms with Crippen molar-refractivity contribution in [1.29, 1.82) is 0 Å². The Morgan fingerprint density at radius 1 is 1.45 bits per heavy atom. The molecule has 0 amide bonds. The van der Waals surface area contributed by atoms with E-state index < -0.39 is 11.9 Å². The van der Waals surface area contributed by atoms with Crippen LogP contribution in [0.1, 0.15) is 27.6 Å². The molecule has 7 nitrogen and oxygen atoms in total. The first-order valence-electron chi connectivity index (χ1n) is 5.89. The Balaban J connectivity index is 2.42. The van der Waals surface area contributed by atoms with Crippen molar-refractivity contribution in [3.05, 3.63) is 41.6 Å². The third kappa shape index (κ3) is 2.46. The van der Waals surface area contributed by atoms with E-state index >= 15 is 0 Å². The molecule has 104 valence electrons. The minimum Gasteiger partial charge on any atom is -0.478 e. The number of carbonyl (C=O) groups is 2. The molecule has 1 aromatic carbocycles. The zero-order valence-corrected chi connectivity index (χ0v) is 10.7. The maximum absolute atomic E-state index is 11.6. The van der Waals surface area contributed by atoms with Gasteiger partial charge in [-0.2, -0.15) is 5.10 Å². The first-order chi connectivity index (χ1) is 9.54. The predicted octanol–water partition coefficient (Wildman–Crippen LogP) is 1.33. The number of esters is 1.